The lowest BCUT2D eigenvalue weighted by atomic mass is 10.2. The third kappa shape index (κ3) is 2.60. The van der Waals surface area contributed by atoms with Crippen LogP contribution in [0.2, 0.25) is 0 Å². The lowest BCUT2D eigenvalue weighted by Gasteiger charge is -2.00. The van der Waals surface area contributed by atoms with Crippen LogP contribution in [0.15, 0.2) is 46.0 Å². The number of halogens is 2. The molecule has 1 heterocycles. The summed E-state index contributed by atoms with van der Waals surface area (Å²) < 4.78 is 31.8. The third-order valence-electron chi connectivity index (χ3n) is 2.76. The molecule has 0 spiro atoms. The zero-order valence-corrected chi connectivity index (χ0v) is 11.1. The van der Waals surface area contributed by atoms with Crippen molar-refractivity contribution in [2.24, 2.45) is 0 Å². The molecule has 3 rings (SSSR count). The number of hydrogen-bond donors (Lipinski definition) is 1. The van der Waals surface area contributed by atoms with Crippen molar-refractivity contribution >= 4 is 28.5 Å². The van der Waals surface area contributed by atoms with E-state index in [4.69, 9.17) is 10.2 Å². The normalized spacial score (nSPS) is 11.1. The van der Waals surface area contributed by atoms with Crippen LogP contribution >= 0.6 is 11.8 Å². The molecule has 2 aromatic carbocycles. The smallest absolute Gasteiger partial charge is 0.257 e. The fraction of sp³-hybridized carbons (Fsp3) is 0.0714. The lowest BCUT2D eigenvalue weighted by Crippen LogP contribution is -1.88. The van der Waals surface area contributed by atoms with Gasteiger partial charge in [0.1, 0.15) is 17.2 Å². The molecule has 0 saturated carbocycles. The number of aromatic nitrogens is 1. The average Bonchev–Trinajstić information content (AvgIpc) is 2.79. The molecule has 0 fully saturated rings. The second-order valence-corrected chi connectivity index (χ2v) is 5.16. The van der Waals surface area contributed by atoms with E-state index >= 15 is 0 Å². The van der Waals surface area contributed by atoms with Crippen LogP contribution in [0.25, 0.3) is 11.1 Å². The Labute approximate surface area is 117 Å². The summed E-state index contributed by atoms with van der Waals surface area (Å²) in [5.41, 5.74) is 7.93. The van der Waals surface area contributed by atoms with Crippen LogP contribution in [-0.2, 0) is 5.75 Å². The predicted molar refractivity (Wildman–Crippen MR) is 74.3 cm³/mol. The van der Waals surface area contributed by atoms with E-state index in [1.165, 1.54) is 23.9 Å². The molecule has 6 heteroatoms. The first kappa shape index (κ1) is 12.9. The van der Waals surface area contributed by atoms with Crippen LogP contribution in [-0.4, -0.2) is 4.98 Å². The van der Waals surface area contributed by atoms with Crippen molar-refractivity contribution in [1.82, 2.24) is 4.98 Å². The number of hydrogen-bond acceptors (Lipinski definition) is 4. The van der Waals surface area contributed by atoms with Gasteiger partial charge < -0.3 is 10.2 Å². The summed E-state index contributed by atoms with van der Waals surface area (Å²) in [6, 6.07) is 8.69. The standard InChI is InChI=1S/C14H10F2N2OS/c15-9-2-1-8(11(16)5-9)7-20-14-18-12-4-3-10(17)6-13(12)19-14/h1-6H,7,17H2. The van der Waals surface area contributed by atoms with E-state index in [-0.39, 0.29) is 0 Å². The van der Waals surface area contributed by atoms with Crippen molar-refractivity contribution in [1.29, 1.82) is 0 Å². The Morgan fingerprint density at radius 3 is 2.80 bits per heavy atom. The van der Waals surface area contributed by atoms with Gasteiger partial charge in [-0.15, -0.1) is 0 Å². The van der Waals surface area contributed by atoms with E-state index in [2.05, 4.69) is 4.98 Å². The minimum atomic E-state index is -0.589. The first-order chi connectivity index (χ1) is 9.61. The summed E-state index contributed by atoms with van der Waals surface area (Å²) in [5, 5.41) is 0.425. The predicted octanol–water partition coefficient (Wildman–Crippen LogP) is 3.98. The number of thioether (sulfide) groups is 1. The van der Waals surface area contributed by atoms with Crippen molar-refractivity contribution in [3.05, 3.63) is 53.6 Å². The van der Waals surface area contributed by atoms with Gasteiger partial charge in [-0.1, -0.05) is 17.8 Å². The maximum absolute atomic E-state index is 13.5. The number of rotatable bonds is 3. The molecular formula is C14H10F2N2OS. The molecule has 0 aliphatic heterocycles. The van der Waals surface area contributed by atoms with Crippen LogP contribution in [0.1, 0.15) is 5.56 Å². The van der Waals surface area contributed by atoms with E-state index in [1.54, 1.807) is 18.2 Å². The Hall–Kier alpha value is -2.08. The van der Waals surface area contributed by atoms with Crippen molar-refractivity contribution in [3.8, 4) is 0 Å². The van der Waals surface area contributed by atoms with E-state index in [0.29, 0.717) is 33.3 Å². The highest BCUT2D eigenvalue weighted by Gasteiger charge is 2.09. The van der Waals surface area contributed by atoms with E-state index in [9.17, 15) is 8.78 Å². The van der Waals surface area contributed by atoms with Crippen LogP contribution < -0.4 is 5.73 Å². The second kappa shape index (κ2) is 5.13. The zero-order valence-electron chi connectivity index (χ0n) is 10.3. The third-order valence-corrected chi connectivity index (χ3v) is 3.64. The molecule has 0 atom stereocenters. The van der Waals surface area contributed by atoms with E-state index < -0.39 is 11.6 Å². The fourth-order valence-corrected chi connectivity index (χ4v) is 2.58. The molecule has 0 radical (unpaired) electrons. The quantitative estimate of drug-likeness (QED) is 0.586. The molecule has 3 aromatic rings. The van der Waals surface area contributed by atoms with Gasteiger partial charge >= 0.3 is 0 Å². The van der Waals surface area contributed by atoms with Gasteiger partial charge in [0, 0.05) is 23.6 Å². The Morgan fingerprint density at radius 2 is 2.00 bits per heavy atom. The summed E-state index contributed by atoms with van der Waals surface area (Å²) in [6.07, 6.45) is 0. The average molecular weight is 292 g/mol. The molecule has 0 aliphatic carbocycles. The minimum absolute atomic E-state index is 0.314. The summed E-state index contributed by atoms with van der Waals surface area (Å²) >= 11 is 1.24. The van der Waals surface area contributed by atoms with Gasteiger partial charge in [-0.2, -0.15) is 0 Å². The minimum Gasteiger partial charge on any atom is -0.431 e. The maximum atomic E-state index is 13.5. The van der Waals surface area contributed by atoms with Gasteiger partial charge in [-0.3, -0.25) is 0 Å². The highest BCUT2D eigenvalue weighted by Crippen LogP contribution is 2.28. The first-order valence-electron chi connectivity index (χ1n) is 5.84. The number of fused-ring (bicyclic) bond motifs is 1. The van der Waals surface area contributed by atoms with Crippen LogP contribution in [0, 0.1) is 11.6 Å². The maximum Gasteiger partial charge on any atom is 0.257 e. The molecule has 1 aromatic heterocycles. The molecule has 2 N–H and O–H groups in total. The zero-order chi connectivity index (χ0) is 14.1. The fourth-order valence-electron chi connectivity index (χ4n) is 1.76. The number of nitrogens with zero attached hydrogens (tertiary/aromatic N) is 1. The number of nitrogen functional groups attached to an aromatic ring is 1. The molecule has 0 saturated heterocycles. The molecular weight excluding hydrogens is 282 g/mol. The number of anilines is 1. The second-order valence-electron chi connectivity index (χ2n) is 4.23. The number of nitrogens with two attached hydrogens (primary N) is 1. The Bertz CT molecular complexity index is 773. The monoisotopic (exact) mass is 292 g/mol. The van der Waals surface area contributed by atoms with Crippen molar-refractivity contribution < 1.29 is 13.2 Å². The van der Waals surface area contributed by atoms with Gasteiger partial charge in [0.25, 0.3) is 5.22 Å². The highest BCUT2D eigenvalue weighted by atomic mass is 32.2. The molecule has 3 nitrogen and oxygen atoms in total. The van der Waals surface area contributed by atoms with Gasteiger partial charge in [0.15, 0.2) is 5.58 Å². The van der Waals surface area contributed by atoms with Crippen molar-refractivity contribution in [2.45, 2.75) is 11.0 Å². The van der Waals surface area contributed by atoms with E-state index in [1.807, 2.05) is 0 Å². The summed E-state index contributed by atoms with van der Waals surface area (Å²) in [5.74, 6) is -0.847. The van der Waals surface area contributed by atoms with Gasteiger partial charge in [-0.25, -0.2) is 13.8 Å². The molecule has 102 valence electrons. The van der Waals surface area contributed by atoms with Gasteiger partial charge in [-0.05, 0) is 23.8 Å². The highest BCUT2D eigenvalue weighted by molar-refractivity contribution is 7.98. The lowest BCUT2D eigenvalue weighted by molar-refractivity contribution is 0.489. The SMILES string of the molecule is Nc1ccc2nc(SCc3ccc(F)cc3F)oc2c1. The Morgan fingerprint density at radius 1 is 1.15 bits per heavy atom. The van der Waals surface area contributed by atoms with Crippen molar-refractivity contribution in [3.63, 3.8) is 0 Å². The molecule has 0 bridgehead atoms. The Kier molecular flexibility index (Phi) is 3.31. The van der Waals surface area contributed by atoms with E-state index in [0.717, 1.165) is 6.07 Å². The molecule has 0 aliphatic rings. The molecule has 20 heavy (non-hydrogen) atoms. The first-order valence-corrected chi connectivity index (χ1v) is 6.83. The summed E-state index contributed by atoms with van der Waals surface area (Å²) in [4.78, 5) is 4.26. The number of oxazole rings is 1. The molecule has 0 amide bonds. The van der Waals surface area contributed by atoms with Gasteiger partial charge in [0.05, 0.1) is 0 Å². The summed E-state index contributed by atoms with van der Waals surface area (Å²) in [6.45, 7) is 0. The summed E-state index contributed by atoms with van der Waals surface area (Å²) in [7, 11) is 0. The van der Waals surface area contributed by atoms with Gasteiger partial charge in [0.2, 0.25) is 0 Å². The number of benzene rings is 2. The largest absolute Gasteiger partial charge is 0.431 e. The van der Waals surface area contributed by atoms with Crippen LogP contribution in [0.4, 0.5) is 14.5 Å². The Balaban J connectivity index is 1.79. The van der Waals surface area contributed by atoms with Crippen LogP contribution in [0.5, 0.6) is 0 Å². The molecule has 0 unspecified atom stereocenters. The van der Waals surface area contributed by atoms with Crippen LogP contribution in [0.3, 0.4) is 0 Å². The van der Waals surface area contributed by atoms with Crippen molar-refractivity contribution in [2.75, 3.05) is 5.73 Å². The topological polar surface area (TPSA) is 52.0 Å².